The highest BCUT2D eigenvalue weighted by Gasteiger charge is 1.99. The summed E-state index contributed by atoms with van der Waals surface area (Å²) in [5.41, 5.74) is 0.443. The van der Waals surface area contributed by atoms with E-state index >= 15 is 0 Å². The lowest BCUT2D eigenvalue weighted by Gasteiger charge is -2.03. The van der Waals surface area contributed by atoms with Gasteiger partial charge in [-0.05, 0) is 18.2 Å². The van der Waals surface area contributed by atoms with E-state index in [0.717, 1.165) is 0 Å². The van der Waals surface area contributed by atoms with Gasteiger partial charge < -0.3 is 5.32 Å². The van der Waals surface area contributed by atoms with Crippen molar-refractivity contribution in [2.24, 2.45) is 0 Å². The van der Waals surface area contributed by atoms with Gasteiger partial charge in [-0.15, -0.1) is 0 Å². The summed E-state index contributed by atoms with van der Waals surface area (Å²) in [5.74, 6) is -0.375. The topological polar surface area (TPSA) is 35.8 Å². The van der Waals surface area contributed by atoms with Crippen LogP contribution in [0.15, 0.2) is 18.2 Å². The fourth-order valence-corrected chi connectivity index (χ4v) is 0.952. The van der Waals surface area contributed by atoms with Crippen LogP contribution < -0.4 is 5.32 Å². The van der Waals surface area contributed by atoms with Crippen LogP contribution in [0.25, 0.3) is 0 Å². The third-order valence-corrected chi connectivity index (χ3v) is 1.62. The van der Waals surface area contributed by atoms with E-state index in [1.165, 1.54) is 18.2 Å². The van der Waals surface area contributed by atoms with Gasteiger partial charge in [-0.1, -0.05) is 11.6 Å². The molecule has 0 saturated heterocycles. The molecule has 0 heterocycles. The average Bonchev–Trinajstić information content (AvgIpc) is 2.07. The summed E-state index contributed by atoms with van der Waals surface area (Å²) < 4.78 is 12.6. The molecule has 0 bridgehead atoms. The van der Waals surface area contributed by atoms with Crippen LogP contribution in [0, 0.1) is 17.1 Å². The fourth-order valence-electron chi connectivity index (χ4n) is 0.768. The number of nitrogens with one attached hydrogen (secondary N) is 1. The van der Waals surface area contributed by atoms with E-state index in [0.29, 0.717) is 10.7 Å². The number of halogens is 2. The van der Waals surface area contributed by atoms with Gasteiger partial charge in [-0.3, -0.25) is 0 Å². The number of anilines is 1. The Balaban J connectivity index is 2.84. The van der Waals surface area contributed by atoms with E-state index in [4.69, 9.17) is 16.9 Å². The standard InChI is InChI=1S/C8H6ClFN2/c9-7-2-1-6(10)5-8(7)12-4-3-11/h1-2,5,12H,4H2. The SMILES string of the molecule is N#CCNc1cc(F)ccc1Cl. The monoisotopic (exact) mass is 184 g/mol. The van der Waals surface area contributed by atoms with Gasteiger partial charge in [0.05, 0.1) is 16.8 Å². The molecule has 0 aromatic heterocycles. The van der Waals surface area contributed by atoms with E-state index < -0.39 is 0 Å². The molecule has 2 nitrogen and oxygen atoms in total. The van der Waals surface area contributed by atoms with E-state index in [9.17, 15) is 4.39 Å². The summed E-state index contributed by atoms with van der Waals surface area (Å²) in [6.07, 6.45) is 0. The quantitative estimate of drug-likeness (QED) is 0.717. The zero-order valence-corrected chi connectivity index (χ0v) is 6.90. The fraction of sp³-hybridized carbons (Fsp3) is 0.125. The van der Waals surface area contributed by atoms with Gasteiger partial charge in [0.15, 0.2) is 0 Å². The first-order chi connectivity index (χ1) is 5.74. The predicted octanol–water partition coefficient (Wildman–Crippen LogP) is 2.41. The van der Waals surface area contributed by atoms with Crippen LogP contribution in [0.3, 0.4) is 0 Å². The Bertz CT molecular complexity index is 319. The molecule has 0 aliphatic heterocycles. The Hall–Kier alpha value is -1.27. The number of nitriles is 1. The van der Waals surface area contributed by atoms with Crippen molar-refractivity contribution in [1.82, 2.24) is 0 Å². The van der Waals surface area contributed by atoms with Crippen molar-refractivity contribution in [2.75, 3.05) is 11.9 Å². The number of benzene rings is 1. The van der Waals surface area contributed by atoms with Crippen molar-refractivity contribution in [3.63, 3.8) is 0 Å². The van der Waals surface area contributed by atoms with Crippen LogP contribution in [-0.2, 0) is 0 Å². The molecule has 0 unspecified atom stereocenters. The Morgan fingerprint density at radius 1 is 1.58 bits per heavy atom. The zero-order valence-electron chi connectivity index (χ0n) is 6.14. The first-order valence-corrected chi connectivity index (χ1v) is 3.67. The molecule has 0 aliphatic rings. The van der Waals surface area contributed by atoms with E-state index in [1.54, 1.807) is 0 Å². The smallest absolute Gasteiger partial charge is 0.125 e. The minimum atomic E-state index is -0.375. The highest BCUT2D eigenvalue weighted by atomic mass is 35.5. The summed E-state index contributed by atoms with van der Waals surface area (Å²) in [5, 5.41) is 11.3. The Morgan fingerprint density at radius 3 is 3.00 bits per heavy atom. The van der Waals surface area contributed by atoms with Crippen LogP contribution in [0.2, 0.25) is 5.02 Å². The van der Waals surface area contributed by atoms with Gasteiger partial charge in [-0.25, -0.2) is 4.39 Å². The largest absolute Gasteiger partial charge is 0.371 e. The van der Waals surface area contributed by atoms with Crippen molar-refractivity contribution in [1.29, 1.82) is 5.26 Å². The second kappa shape index (κ2) is 3.93. The van der Waals surface area contributed by atoms with Gasteiger partial charge in [0.2, 0.25) is 0 Å². The van der Waals surface area contributed by atoms with Crippen molar-refractivity contribution in [3.8, 4) is 6.07 Å². The van der Waals surface area contributed by atoms with Gasteiger partial charge in [0.25, 0.3) is 0 Å². The maximum Gasteiger partial charge on any atom is 0.125 e. The predicted molar refractivity (Wildman–Crippen MR) is 45.5 cm³/mol. The molecule has 1 N–H and O–H groups in total. The Morgan fingerprint density at radius 2 is 2.33 bits per heavy atom. The molecule has 0 spiro atoms. The highest BCUT2D eigenvalue weighted by molar-refractivity contribution is 6.33. The Kier molecular flexibility index (Phi) is 2.89. The van der Waals surface area contributed by atoms with Gasteiger partial charge in [0.1, 0.15) is 12.4 Å². The maximum absolute atomic E-state index is 12.6. The molecule has 0 saturated carbocycles. The van der Waals surface area contributed by atoms with E-state index in [2.05, 4.69) is 5.32 Å². The summed E-state index contributed by atoms with van der Waals surface area (Å²) in [6.45, 7) is 0.114. The summed E-state index contributed by atoms with van der Waals surface area (Å²) in [6, 6.07) is 5.83. The van der Waals surface area contributed by atoms with Crippen molar-refractivity contribution < 1.29 is 4.39 Å². The van der Waals surface area contributed by atoms with Crippen molar-refractivity contribution in [2.45, 2.75) is 0 Å². The summed E-state index contributed by atoms with van der Waals surface area (Å²) >= 11 is 5.69. The van der Waals surface area contributed by atoms with E-state index in [1.807, 2.05) is 6.07 Å². The van der Waals surface area contributed by atoms with Crippen LogP contribution in [0.4, 0.5) is 10.1 Å². The molecule has 0 radical (unpaired) electrons. The first kappa shape index (κ1) is 8.82. The van der Waals surface area contributed by atoms with Crippen molar-refractivity contribution in [3.05, 3.63) is 29.0 Å². The maximum atomic E-state index is 12.6. The van der Waals surface area contributed by atoms with Gasteiger partial charge >= 0.3 is 0 Å². The lowest BCUT2D eigenvalue weighted by atomic mass is 10.3. The highest BCUT2D eigenvalue weighted by Crippen LogP contribution is 2.21. The number of hydrogen-bond acceptors (Lipinski definition) is 2. The molecule has 0 aliphatic carbocycles. The second-order valence-electron chi connectivity index (χ2n) is 2.14. The van der Waals surface area contributed by atoms with Gasteiger partial charge in [0, 0.05) is 0 Å². The van der Waals surface area contributed by atoms with Crippen LogP contribution in [0.5, 0.6) is 0 Å². The molecular formula is C8H6ClFN2. The third-order valence-electron chi connectivity index (χ3n) is 1.29. The Labute approximate surface area is 74.6 Å². The van der Waals surface area contributed by atoms with Crippen LogP contribution in [-0.4, -0.2) is 6.54 Å². The molecule has 12 heavy (non-hydrogen) atoms. The summed E-state index contributed by atoms with van der Waals surface area (Å²) in [7, 11) is 0. The molecule has 62 valence electrons. The van der Waals surface area contributed by atoms with Crippen LogP contribution >= 0.6 is 11.6 Å². The number of rotatable bonds is 2. The number of hydrogen-bond donors (Lipinski definition) is 1. The minimum absolute atomic E-state index is 0.114. The molecule has 1 rings (SSSR count). The van der Waals surface area contributed by atoms with Crippen molar-refractivity contribution >= 4 is 17.3 Å². The first-order valence-electron chi connectivity index (χ1n) is 3.30. The lowest BCUT2D eigenvalue weighted by molar-refractivity contribution is 0.628. The minimum Gasteiger partial charge on any atom is -0.371 e. The molecule has 4 heteroatoms. The summed E-state index contributed by atoms with van der Waals surface area (Å²) in [4.78, 5) is 0. The van der Waals surface area contributed by atoms with Gasteiger partial charge in [-0.2, -0.15) is 5.26 Å². The molecule has 1 aromatic carbocycles. The molecular weight excluding hydrogens is 179 g/mol. The second-order valence-corrected chi connectivity index (χ2v) is 2.54. The molecule has 0 amide bonds. The third kappa shape index (κ3) is 2.11. The average molecular weight is 185 g/mol. The van der Waals surface area contributed by atoms with Crippen LogP contribution in [0.1, 0.15) is 0 Å². The molecule has 0 atom stereocenters. The number of nitrogens with zero attached hydrogens (tertiary/aromatic N) is 1. The molecule has 0 fully saturated rings. The normalized spacial score (nSPS) is 9.08. The molecule has 1 aromatic rings. The van der Waals surface area contributed by atoms with E-state index in [-0.39, 0.29) is 12.4 Å². The zero-order chi connectivity index (χ0) is 8.97. The lowest BCUT2D eigenvalue weighted by Crippen LogP contribution is -1.99.